The summed E-state index contributed by atoms with van der Waals surface area (Å²) in [5, 5.41) is 2.90. The van der Waals surface area contributed by atoms with Crippen molar-refractivity contribution in [2.24, 2.45) is 7.05 Å². The molecule has 1 amide bonds. The summed E-state index contributed by atoms with van der Waals surface area (Å²) >= 11 is 3.42. The van der Waals surface area contributed by atoms with E-state index in [2.05, 4.69) is 31.2 Å². The van der Waals surface area contributed by atoms with E-state index < -0.39 is 0 Å². The van der Waals surface area contributed by atoms with Crippen LogP contribution in [0.25, 0.3) is 22.4 Å². The Morgan fingerprint density at radius 1 is 1.10 bits per heavy atom. The number of amides is 1. The van der Waals surface area contributed by atoms with Gasteiger partial charge in [0.05, 0.1) is 0 Å². The van der Waals surface area contributed by atoms with Gasteiger partial charge in [-0.25, -0.2) is 9.97 Å². The number of pyridine rings is 1. The first-order valence-corrected chi connectivity index (χ1v) is 9.77. The molecule has 6 nitrogen and oxygen atoms in total. The van der Waals surface area contributed by atoms with Crippen molar-refractivity contribution >= 4 is 33.0 Å². The number of carbonyl (C=O) groups excluding carboxylic acids is 1. The third-order valence-electron chi connectivity index (χ3n) is 4.59. The highest BCUT2D eigenvalue weighted by molar-refractivity contribution is 9.10. The van der Waals surface area contributed by atoms with Gasteiger partial charge in [0.25, 0.3) is 11.5 Å². The van der Waals surface area contributed by atoms with Gasteiger partial charge in [-0.05, 0) is 42.0 Å². The summed E-state index contributed by atoms with van der Waals surface area (Å²) in [6, 6.07) is 18.2. The van der Waals surface area contributed by atoms with Gasteiger partial charge in [-0.15, -0.1) is 0 Å². The molecule has 0 aliphatic rings. The molecule has 0 aliphatic heterocycles. The second kappa shape index (κ2) is 7.97. The number of rotatable bonds is 4. The van der Waals surface area contributed by atoms with Gasteiger partial charge in [0.1, 0.15) is 11.2 Å². The summed E-state index contributed by atoms with van der Waals surface area (Å²) in [5.41, 5.74) is 3.44. The van der Waals surface area contributed by atoms with Gasteiger partial charge in [-0.2, -0.15) is 0 Å². The molecule has 0 atom stereocenters. The smallest absolute Gasteiger partial charge is 0.278 e. The minimum absolute atomic E-state index is 0.180. The van der Waals surface area contributed by atoms with Crippen LogP contribution >= 0.6 is 15.9 Å². The maximum Gasteiger partial charge on any atom is 0.278 e. The van der Waals surface area contributed by atoms with Crippen molar-refractivity contribution in [2.45, 2.75) is 6.54 Å². The van der Waals surface area contributed by atoms with E-state index in [1.165, 1.54) is 4.57 Å². The maximum atomic E-state index is 12.7. The molecule has 0 fully saturated rings. The Hall–Kier alpha value is -3.32. The first kappa shape index (κ1) is 19.0. The topological polar surface area (TPSA) is 76.9 Å². The molecule has 0 aliphatic carbocycles. The largest absolute Gasteiger partial charge is 0.348 e. The molecule has 0 radical (unpaired) electrons. The summed E-state index contributed by atoms with van der Waals surface area (Å²) in [4.78, 5) is 33.8. The number of nitrogens with one attached hydrogen (secondary N) is 1. The van der Waals surface area contributed by atoms with Crippen LogP contribution in [0.2, 0.25) is 0 Å². The third kappa shape index (κ3) is 3.95. The summed E-state index contributed by atoms with van der Waals surface area (Å²) < 4.78 is 2.45. The van der Waals surface area contributed by atoms with Gasteiger partial charge in [-0.3, -0.25) is 14.2 Å². The highest BCUT2D eigenvalue weighted by Gasteiger charge is 2.12. The Morgan fingerprint density at radius 3 is 2.66 bits per heavy atom. The Bertz CT molecular complexity index is 1270. The van der Waals surface area contributed by atoms with Crippen molar-refractivity contribution < 1.29 is 4.79 Å². The lowest BCUT2D eigenvalue weighted by Gasteiger charge is -2.08. The van der Waals surface area contributed by atoms with Crippen molar-refractivity contribution in [2.75, 3.05) is 0 Å². The Kier molecular flexibility index (Phi) is 5.22. The minimum Gasteiger partial charge on any atom is -0.348 e. The molecule has 4 rings (SSSR count). The molecule has 1 N–H and O–H groups in total. The van der Waals surface area contributed by atoms with Crippen LogP contribution in [-0.4, -0.2) is 20.4 Å². The number of hydrogen-bond acceptors (Lipinski definition) is 4. The third-order valence-corrected chi connectivity index (χ3v) is 5.08. The van der Waals surface area contributed by atoms with Crippen LogP contribution in [-0.2, 0) is 13.6 Å². The molecule has 4 aromatic rings. The zero-order valence-electron chi connectivity index (χ0n) is 15.6. The standard InChI is InChI=1S/C22H17BrN4O2/c1-27-20-18(6-3-11-24-20)26-19(22(27)29)15-7-9-16(10-8-15)21(28)25-13-14-4-2-5-17(23)12-14/h2-12H,13H2,1H3,(H,25,28). The van der Waals surface area contributed by atoms with Crippen molar-refractivity contribution in [1.29, 1.82) is 0 Å². The fraction of sp³-hybridized carbons (Fsp3) is 0.0909. The maximum absolute atomic E-state index is 12.7. The minimum atomic E-state index is -0.233. The molecule has 0 bridgehead atoms. The zero-order valence-corrected chi connectivity index (χ0v) is 17.2. The number of halogens is 1. The van der Waals surface area contributed by atoms with Crippen LogP contribution in [0.1, 0.15) is 15.9 Å². The first-order chi connectivity index (χ1) is 14.0. The number of carbonyl (C=O) groups is 1. The second-order valence-corrected chi connectivity index (χ2v) is 7.48. The van der Waals surface area contributed by atoms with Crippen molar-refractivity contribution in [3.63, 3.8) is 0 Å². The molecule has 2 heterocycles. The van der Waals surface area contributed by atoms with E-state index in [1.54, 1.807) is 43.6 Å². The van der Waals surface area contributed by atoms with E-state index in [0.717, 1.165) is 10.0 Å². The van der Waals surface area contributed by atoms with Crippen molar-refractivity contribution in [3.8, 4) is 11.3 Å². The summed E-state index contributed by atoms with van der Waals surface area (Å²) in [6.45, 7) is 0.430. The molecule has 0 saturated heterocycles. The lowest BCUT2D eigenvalue weighted by Crippen LogP contribution is -2.23. The number of benzene rings is 2. The van der Waals surface area contributed by atoms with Gasteiger partial charge < -0.3 is 5.32 Å². The lowest BCUT2D eigenvalue weighted by atomic mass is 10.1. The van der Waals surface area contributed by atoms with Gasteiger partial charge in [-0.1, -0.05) is 40.2 Å². The Labute approximate surface area is 175 Å². The first-order valence-electron chi connectivity index (χ1n) is 8.98. The molecule has 29 heavy (non-hydrogen) atoms. The van der Waals surface area contributed by atoms with Crippen LogP contribution in [0.5, 0.6) is 0 Å². The number of hydrogen-bond donors (Lipinski definition) is 1. The quantitative estimate of drug-likeness (QED) is 0.516. The van der Waals surface area contributed by atoms with Crippen LogP contribution in [0.3, 0.4) is 0 Å². The second-order valence-electron chi connectivity index (χ2n) is 6.56. The fourth-order valence-electron chi connectivity index (χ4n) is 3.06. The van der Waals surface area contributed by atoms with Crippen LogP contribution < -0.4 is 10.9 Å². The molecule has 0 unspecified atom stereocenters. The van der Waals surface area contributed by atoms with Crippen molar-refractivity contribution in [1.82, 2.24) is 19.9 Å². The van der Waals surface area contributed by atoms with Crippen LogP contribution in [0, 0.1) is 0 Å². The average molecular weight is 449 g/mol. The highest BCUT2D eigenvalue weighted by atomic mass is 79.9. The monoisotopic (exact) mass is 448 g/mol. The normalized spacial score (nSPS) is 10.8. The number of aromatic nitrogens is 3. The van der Waals surface area contributed by atoms with Crippen LogP contribution in [0.4, 0.5) is 0 Å². The molecular weight excluding hydrogens is 432 g/mol. The average Bonchev–Trinajstić information content (AvgIpc) is 2.75. The SMILES string of the molecule is Cn1c(=O)c(-c2ccc(C(=O)NCc3cccc(Br)c3)cc2)nc2cccnc21. The number of aryl methyl sites for hydroxylation is 1. The molecule has 2 aromatic carbocycles. The van der Waals surface area contributed by atoms with E-state index in [9.17, 15) is 9.59 Å². The van der Waals surface area contributed by atoms with E-state index in [1.807, 2.05) is 30.3 Å². The van der Waals surface area contributed by atoms with E-state index >= 15 is 0 Å². The predicted octanol–water partition coefficient (Wildman–Crippen LogP) is 3.69. The number of fused-ring (bicyclic) bond motifs is 1. The lowest BCUT2D eigenvalue weighted by molar-refractivity contribution is 0.0951. The van der Waals surface area contributed by atoms with Gasteiger partial charge in [0, 0.05) is 35.4 Å². The molecular formula is C22H17BrN4O2. The van der Waals surface area contributed by atoms with Gasteiger partial charge in [0.2, 0.25) is 0 Å². The zero-order chi connectivity index (χ0) is 20.4. The van der Waals surface area contributed by atoms with E-state index in [-0.39, 0.29) is 11.5 Å². The Morgan fingerprint density at radius 2 is 1.90 bits per heavy atom. The molecule has 0 saturated carbocycles. The Balaban J connectivity index is 1.56. The van der Waals surface area contributed by atoms with Gasteiger partial charge >= 0.3 is 0 Å². The summed E-state index contributed by atoms with van der Waals surface area (Å²) in [5.74, 6) is -0.180. The molecule has 0 spiro atoms. The fourth-order valence-corrected chi connectivity index (χ4v) is 3.50. The predicted molar refractivity (Wildman–Crippen MR) is 116 cm³/mol. The highest BCUT2D eigenvalue weighted by Crippen LogP contribution is 2.17. The summed E-state index contributed by atoms with van der Waals surface area (Å²) in [6.07, 6.45) is 1.63. The number of nitrogens with zero attached hydrogens (tertiary/aromatic N) is 3. The van der Waals surface area contributed by atoms with Crippen LogP contribution in [0.15, 0.2) is 76.1 Å². The molecule has 144 valence electrons. The van der Waals surface area contributed by atoms with E-state index in [0.29, 0.717) is 34.5 Å². The molecule has 2 aromatic heterocycles. The summed E-state index contributed by atoms with van der Waals surface area (Å²) in [7, 11) is 1.67. The van der Waals surface area contributed by atoms with Gasteiger partial charge in [0.15, 0.2) is 5.65 Å². The molecule has 7 heteroatoms. The van der Waals surface area contributed by atoms with E-state index in [4.69, 9.17) is 0 Å². The van der Waals surface area contributed by atoms with Crippen molar-refractivity contribution in [3.05, 3.63) is 92.8 Å².